The normalized spacial score (nSPS) is 15.1. The molecule has 1 aliphatic carbocycles. The van der Waals surface area contributed by atoms with Crippen molar-refractivity contribution in [2.24, 2.45) is 5.92 Å². The molecule has 0 unspecified atom stereocenters. The zero-order chi connectivity index (χ0) is 10.8. The molecular weight excluding hydrogens is 186 g/mol. The number of hydrogen-bond donors (Lipinski definition) is 0. The van der Waals surface area contributed by atoms with Gasteiger partial charge in [0.15, 0.2) is 0 Å². The van der Waals surface area contributed by atoms with Gasteiger partial charge >= 0.3 is 0 Å². The molecule has 0 saturated carbocycles. The van der Waals surface area contributed by atoms with Crippen LogP contribution in [0.4, 0.5) is 0 Å². The van der Waals surface area contributed by atoms with Gasteiger partial charge in [0.05, 0.1) is 5.69 Å². The highest BCUT2D eigenvalue weighted by Crippen LogP contribution is 2.23. The van der Waals surface area contributed by atoms with Crippen LogP contribution in [0.5, 0.6) is 0 Å². The predicted octanol–water partition coefficient (Wildman–Crippen LogP) is 2.29. The molecule has 1 aromatic heterocycles. The van der Waals surface area contributed by atoms with Crippen molar-refractivity contribution in [2.75, 3.05) is 0 Å². The lowest BCUT2D eigenvalue weighted by Crippen LogP contribution is -2.08. The summed E-state index contributed by atoms with van der Waals surface area (Å²) in [6.07, 6.45) is 4.51. The quantitative estimate of drug-likeness (QED) is 0.740. The number of aryl methyl sites for hydroxylation is 1. The van der Waals surface area contributed by atoms with Crippen LogP contribution in [-0.2, 0) is 19.4 Å². The zero-order valence-corrected chi connectivity index (χ0v) is 9.45. The third-order valence-electron chi connectivity index (χ3n) is 2.87. The summed E-state index contributed by atoms with van der Waals surface area (Å²) in [4.78, 5) is 0. The predicted molar refractivity (Wildman–Crippen MR) is 58.4 cm³/mol. The van der Waals surface area contributed by atoms with Crippen molar-refractivity contribution in [3.05, 3.63) is 17.0 Å². The molecule has 0 atom stereocenters. The molecule has 0 radical (unpaired) electrons. The van der Waals surface area contributed by atoms with Crippen LogP contribution in [0.3, 0.4) is 0 Å². The van der Waals surface area contributed by atoms with Crippen LogP contribution in [0, 0.1) is 17.2 Å². The van der Waals surface area contributed by atoms with E-state index in [4.69, 9.17) is 5.26 Å². The average molecular weight is 203 g/mol. The number of aromatic nitrogens is 2. The summed E-state index contributed by atoms with van der Waals surface area (Å²) in [5.74, 6) is 0.540. The number of nitrogens with zero attached hydrogens (tertiary/aromatic N) is 3. The summed E-state index contributed by atoms with van der Waals surface area (Å²) in [7, 11) is 0. The molecule has 0 aromatic carbocycles. The fraction of sp³-hybridized carbons (Fsp3) is 0.667. The molecule has 0 spiro atoms. The molecule has 0 bridgehead atoms. The highest BCUT2D eigenvalue weighted by Gasteiger charge is 2.20. The van der Waals surface area contributed by atoms with Gasteiger partial charge < -0.3 is 0 Å². The smallest absolute Gasteiger partial charge is 0.141 e. The Kier molecular flexibility index (Phi) is 2.77. The fourth-order valence-electron chi connectivity index (χ4n) is 2.21. The summed E-state index contributed by atoms with van der Waals surface area (Å²) < 4.78 is 1.90. The summed E-state index contributed by atoms with van der Waals surface area (Å²) in [5.41, 5.74) is 3.18. The molecule has 0 N–H and O–H groups in total. The van der Waals surface area contributed by atoms with Crippen molar-refractivity contribution in [1.82, 2.24) is 9.78 Å². The van der Waals surface area contributed by atoms with Crippen molar-refractivity contribution in [3.8, 4) is 6.07 Å². The van der Waals surface area contributed by atoms with Crippen molar-refractivity contribution in [2.45, 2.75) is 46.1 Å². The monoisotopic (exact) mass is 203 g/mol. The largest absolute Gasteiger partial charge is 0.254 e. The van der Waals surface area contributed by atoms with Gasteiger partial charge in [0.2, 0.25) is 0 Å². The van der Waals surface area contributed by atoms with E-state index in [1.54, 1.807) is 0 Å². The van der Waals surface area contributed by atoms with Crippen molar-refractivity contribution in [3.63, 3.8) is 0 Å². The lowest BCUT2D eigenvalue weighted by molar-refractivity contribution is 0.476. The van der Waals surface area contributed by atoms with E-state index in [1.807, 2.05) is 4.68 Å². The summed E-state index contributed by atoms with van der Waals surface area (Å²) >= 11 is 0. The Balaban J connectivity index is 2.38. The molecule has 1 aliphatic rings. The van der Waals surface area contributed by atoms with Crippen LogP contribution in [0.1, 0.15) is 43.6 Å². The lowest BCUT2D eigenvalue weighted by atomic mass is 9.96. The Morgan fingerprint density at radius 1 is 1.40 bits per heavy atom. The Bertz CT molecular complexity index is 396. The molecule has 0 amide bonds. The summed E-state index contributed by atoms with van der Waals surface area (Å²) in [5, 5.41) is 13.7. The molecular formula is C12H17N3. The summed E-state index contributed by atoms with van der Waals surface area (Å²) in [6.45, 7) is 5.17. The Morgan fingerprint density at radius 3 is 2.80 bits per heavy atom. The molecule has 0 saturated heterocycles. The van der Waals surface area contributed by atoms with Gasteiger partial charge in [-0.2, -0.15) is 10.4 Å². The van der Waals surface area contributed by atoms with Gasteiger partial charge in [-0.05, 0) is 31.6 Å². The van der Waals surface area contributed by atoms with Crippen LogP contribution in [-0.4, -0.2) is 9.78 Å². The SMILES string of the molecule is CC(C)Cn1nc2c(c1C#N)CCCC2. The molecule has 1 aromatic rings. The first-order chi connectivity index (χ1) is 7.22. The molecule has 0 fully saturated rings. The molecule has 3 heteroatoms. The van der Waals surface area contributed by atoms with Crippen LogP contribution in [0.2, 0.25) is 0 Å². The maximum atomic E-state index is 9.17. The van der Waals surface area contributed by atoms with Gasteiger partial charge in [0, 0.05) is 12.1 Å². The number of hydrogen-bond acceptors (Lipinski definition) is 2. The maximum absolute atomic E-state index is 9.17. The van der Waals surface area contributed by atoms with E-state index in [0.29, 0.717) is 5.92 Å². The third-order valence-corrected chi connectivity index (χ3v) is 2.87. The minimum Gasteiger partial charge on any atom is -0.254 e. The van der Waals surface area contributed by atoms with Gasteiger partial charge in [-0.1, -0.05) is 13.8 Å². The minimum absolute atomic E-state index is 0.540. The number of fused-ring (bicyclic) bond motifs is 1. The third kappa shape index (κ3) is 1.90. The highest BCUT2D eigenvalue weighted by atomic mass is 15.3. The van der Waals surface area contributed by atoms with Crippen LogP contribution < -0.4 is 0 Å². The highest BCUT2D eigenvalue weighted by molar-refractivity contribution is 5.37. The van der Waals surface area contributed by atoms with Gasteiger partial charge in [-0.25, -0.2) is 0 Å². The second-order valence-electron chi connectivity index (χ2n) is 4.67. The van der Waals surface area contributed by atoms with E-state index in [0.717, 1.165) is 25.1 Å². The van der Waals surface area contributed by atoms with Crippen molar-refractivity contribution >= 4 is 0 Å². The van der Waals surface area contributed by atoms with Crippen molar-refractivity contribution in [1.29, 1.82) is 5.26 Å². The van der Waals surface area contributed by atoms with Gasteiger partial charge in [0.1, 0.15) is 11.8 Å². The maximum Gasteiger partial charge on any atom is 0.141 e. The first kappa shape index (κ1) is 10.2. The van der Waals surface area contributed by atoms with Crippen molar-refractivity contribution < 1.29 is 0 Å². The van der Waals surface area contributed by atoms with Gasteiger partial charge in [0.25, 0.3) is 0 Å². The Hall–Kier alpha value is -1.30. The number of rotatable bonds is 2. The van der Waals surface area contributed by atoms with E-state index < -0.39 is 0 Å². The molecule has 1 heterocycles. The van der Waals surface area contributed by atoms with E-state index in [1.165, 1.54) is 24.1 Å². The van der Waals surface area contributed by atoms with Crippen LogP contribution in [0.15, 0.2) is 0 Å². The standard InChI is InChI=1S/C12H17N3/c1-9(2)8-15-12(7-13)10-5-3-4-6-11(10)14-15/h9H,3-6,8H2,1-2H3. The first-order valence-electron chi connectivity index (χ1n) is 5.71. The summed E-state index contributed by atoms with van der Waals surface area (Å²) in [6, 6.07) is 2.31. The van der Waals surface area contributed by atoms with E-state index in [2.05, 4.69) is 25.0 Å². The van der Waals surface area contributed by atoms with Crippen LogP contribution >= 0.6 is 0 Å². The average Bonchev–Trinajstić information content (AvgIpc) is 2.53. The van der Waals surface area contributed by atoms with Gasteiger partial charge in [-0.3, -0.25) is 4.68 Å². The first-order valence-corrected chi connectivity index (χ1v) is 5.71. The molecule has 15 heavy (non-hydrogen) atoms. The second kappa shape index (κ2) is 4.06. The second-order valence-corrected chi connectivity index (χ2v) is 4.67. The molecule has 3 nitrogen and oxygen atoms in total. The minimum atomic E-state index is 0.540. The lowest BCUT2D eigenvalue weighted by Gasteiger charge is -2.08. The Labute approximate surface area is 90.7 Å². The van der Waals surface area contributed by atoms with Gasteiger partial charge in [-0.15, -0.1) is 0 Å². The van der Waals surface area contributed by atoms with E-state index in [-0.39, 0.29) is 0 Å². The van der Waals surface area contributed by atoms with E-state index >= 15 is 0 Å². The molecule has 80 valence electrons. The van der Waals surface area contributed by atoms with E-state index in [9.17, 15) is 0 Å². The zero-order valence-electron chi connectivity index (χ0n) is 9.45. The fourth-order valence-corrected chi connectivity index (χ4v) is 2.21. The van der Waals surface area contributed by atoms with Crippen LogP contribution in [0.25, 0.3) is 0 Å². The number of nitriles is 1. The molecule has 2 rings (SSSR count). The molecule has 0 aliphatic heterocycles. The topological polar surface area (TPSA) is 41.6 Å². The Morgan fingerprint density at radius 2 is 2.13 bits per heavy atom.